The van der Waals surface area contributed by atoms with Crippen LogP contribution in [0.3, 0.4) is 0 Å². The van der Waals surface area contributed by atoms with Crippen LogP contribution >= 0.6 is 0 Å². The lowest BCUT2D eigenvalue weighted by atomic mass is 9.71. The summed E-state index contributed by atoms with van der Waals surface area (Å²) in [4.78, 5) is 0. The smallest absolute Gasteiger partial charge is 0.115 e. The summed E-state index contributed by atoms with van der Waals surface area (Å²) in [5.41, 5.74) is 2.57. The second-order valence-electron chi connectivity index (χ2n) is 8.73. The SMILES string of the molecule is CC.CCCCCCCCCCCC(C)(C1=CCC=C(OCC)C=C1)c1ccc(O)cc1. The second-order valence-corrected chi connectivity index (χ2v) is 8.73. The number of allylic oxidation sites excluding steroid dienone is 5. The summed E-state index contributed by atoms with van der Waals surface area (Å²) in [7, 11) is 0. The van der Waals surface area contributed by atoms with Crippen molar-refractivity contribution in [2.45, 2.75) is 111 Å². The van der Waals surface area contributed by atoms with Crippen LogP contribution in [0, 0.1) is 0 Å². The molecular weight excluding hydrogens is 392 g/mol. The van der Waals surface area contributed by atoms with E-state index in [0.29, 0.717) is 12.4 Å². The van der Waals surface area contributed by atoms with Crippen molar-refractivity contribution in [1.82, 2.24) is 0 Å². The molecule has 0 aromatic heterocycles. The van der Waals surface area contributed by atoms with Gasteiger partial charge in [-0.25, -0.2) is 0 Å². The molecule has 0 heterocycles. The van der Waals surface area contributed by atoms with Gasteiger partial charge >= 0.3 is 0 Å². The van der Waals surface area contributed by atoms with Crippen molar-refractivity contribution in [2.24, 2.45) is 0 Å². The lowest BCUT2D eigenvalue weighted by Crippen LogP contribution is -2.24. The Hall–Kier alpha value is -1.96. The van der Waals surface area contributed by atoms with E-state index >= 15 is 0 Å². The number of aromatic hydroxyl groups is 1. The normalized spacial score (nSPS) is 15.0. The summed E-state index contributed by atoms with van der Waals surface area (Å²) >= 11 is 0. The lowest BCUT2D eigenvalue weighted by Gasteiger charge is -2.32. The van der Waals surface area contributed by atoms with Crippen LogP contribution in [0.2, 0.25) is 0 Å². The molecule has 2 heteroatoms. The molecule has 1 N–H and O–H groups in total. The van der Waals surface area contributed by atoms with Crippen LogP contribution in [0.25, 0.3) is 0 Å². The quantitative estimate of drug-likeness (QED) is 0.292. The van der Waals surface area contributed by atoms with Gasteiger partial charge in [-0.3, -0.25) is 0 Å². The van der Waals surface area contributed by atoms with Gasteiger partial charge in [0.2, 0.25) is 0 Å². The summed E-state index contributed by atoms with van der Waals surface area (Å²) in [6.07, 6.45) is 22.9. The fourth-order valence-corrected chi connectivity index (χ4v) is 4.37. The first-order chi connectivity index (χ1) is 15.6. The Bertz CT molecular complexity index is 696. The fraction of sp³-hybridized carbons (Fsp3) is 0.600. The third-order valence-corrected chi connectivity index (χ3v) is 6.32. The van der Waals surface area contributed by atoms with Crippen LogP contribution in [0.15, 0.2) is 59.9 Å². The molecule has 1 aliphatic rings. The number of hydrogen-bond acceptors (Lipinski definition) is 2. The van der Waals surface area contributed by atoms with E-state index in [9.17, 15) is 5.11 Å². The fourth-order valence-electron chi connectivity index (χ4n) is 4.37. The Balaban J connectivity index is 0.00000249. The largest absolute Gasteiger partial charge is 0.508 e. The number of ether oxygens (including phenoxy) is 1. The third-order valence-electron chi connectivity index (χ3n) is 6.32. The number of rotatable bonds is 14. The lowest BCUT2D eigenvalue weighted by molar-refractivity contribution is 0.241. The molecule has 1 unspecified atom stereocenters. The number of phenols is 1. The number of phenolic OH excluding ortho intramolecular Hbond substituents is 1. The number of hydrogen-bond donors (Lipinski definition) is 1. The Morgan fingerprint density at radius 3 is 2.00 bits per heavy atom. The van der Waals surface area contributed by atoms with Crippen LogP contribution in [-0.4, -0.2) is 11.7 Å². The van der Waals surface area contributed by atoms with E-state index in [1.807, 2.05) is 32.9 Å². The number of unbranched alkanes of at least 4 members (excludes halogenated alkanes) is 8. The molecule has 0 fully saturated rings. The molecular formula is C30H48O2. The second kappa shape index (κ2) is 16.6. The van der Waals surface area contributed by atoms with E-state index in [1.54, 1.807) is 0 Å². The van der Waals surface area contributed by atoms with Gasteiger partial charge in [0, 0.05) is 5.41 Å². The van der Waals surface area contributed by atoms with Gasteiger partial charge in [0.05, 0.1) is 6.61 Å². The van der Waals surface area contributed by atoms with E-state index in [4.69, 9.17) is 4.74 Å². The maximum atomic E-state index is 9.77. The minimum Gasteiger partial charge on any atom is -0.508 e. The molecule has 0 saturated carbocycles. The van der Waals surface area contributed by atoms with Crippen LogP contribution in [0.5, 0.6) is 5.75 Å². The topological polar surface area (TPSA) is 29.5 Å². The van der Waals surface area contributed by atoms with Crippen molar-refractivity contribution >= 4 is 0 Å². The summed E-state index contributed by atoms with van der Waals surface area (Å²) in [5, 5.41) is 9.77. The molecule has 1 aliphatic carbocycles. The van der Waals surface area contributed by atoms with Gasteiger partial charge in [-0.15, -0.1) is 0 Å². The molecule has 1 atom stereocenters. The monoisotopic (exact) mass is 440 g/mol. The standard InChI is InChI=1S/C28H42O2.C2H6/c1-4-6-7-8-9-10-11-12-13-23-28(3,25-17-20-26(29)21-18-25)24-15-14-16-27(22-19-24)30-5-2;1-2/h15-22,29H,4-14,23H2,1-3H3;1-2H3. The molecule has 0 amide bonds. The zero-order valence-corrected chi connectivity index (χ0v) is 21.5. The summed E-state index contributed by atoms with van der Waals surface area (Å²) in [6, 6.07) is 7.79. The van der Waals surface area contributed by atoms with Gasteiger partial charge in [-0.2, -0.15) is 0 Å². The van der Waals surface area contributed by atoms with Gasteiger partial charge in [0.25, 0.3) is 0 Å². The Labute approximate surface area is 198 Å². The zero-order valence-electron chi connectivity index (χ0n) is 21.5. The Morgan fingerprint density at radius 1 is 0.812 bits per heavy atom. The maximum absolute atomic E-state index is 9.77. The maximum Gasteiger partial charge on any atom is 0.115 e. The number of benzene rings is 1. The molecule has 1 aromatic rings. The molecule has 0 spiro atoms. The predicted octanol–water partition coefficient (Wildman–Crippen LogP) is 9.40. The van der Waals surface area contributed by atoms with Gasteiger partial charge < -0.3 is 9.84 Å². The molecule has 32 heavy (non-hydrogen) atoms. The third kappa shape index (κ3) is 9.67. The van der Waals surface area contributed by atoms with E-state index in [-0.39, 0.29) is 5.41 Å². The van der Waals surface area contributed by atoms with Crippen molar-refractivity contribution < 1.29 is 9.84 Å². The first-order valence-electron chi connectivity index (χ1n) is 13.1. The first kappa shape index (κ1) is 28.1. The van der Waals surface area contributed by atoms with Crippen molar-refractivity contribution in [2.75, 3.05) is 6.61 Å². The molecule has 2 nitrogen and oxygen atoms in total. The average Bonchev–Trinajstić information content (AvgIpc) is 3.06. The van der Waals surface area contributed by atoms with Gasteiger partial charge in [0.15, 0.2) is 0 Å². The Kier molecular flexibility index (Phi) is 14.6. The highest BCUT2D eigenvalue weighted by Crippen LogP contribution is 2.39. The van der Waals surface area contributed by atoms with E-state index < -0.39 is 0 Å². The van der Waals surface area contributed by atoms with E-state index in [1.165, 1.54) is 68.9 Å². The Morgan fingerprint density at radius 2 is 1.41 bits per heavy atom. The molecule has 180 valence electrons. The first-order valence-corrected chi connectivity index (χ1v) is 13.1. The molecule has 0 bridgehead atoms. The van der Waals surface area contributed by atoms with Gasteiger partial charge in [-0.05, 0) is 55.2 Å². The van der Waals surface area contributed by atoms with Crippen molar-refractivity contribution in [3.8, 4) is 5.75 Å². The molecule has 1 aromatic carbocycles. The summed E-state index contributed by atoms with van der Waals surface area (Å²) < 4.78 is 5.71. The molecule has 0 aliphatic heterocycles. The van der Waals surface area contributed by atoms with Crippen LogP contribution in [0.1, 0.15) is 111 Å². The summed E-state index contributed by atoms with van der Waals surface area (Å²) in [5.74, 6) is 1.29. The minimum absolute atomic E-state index is 0.0547. The predicted molar refractivity (Wildman–Crippen MR) is 140 cm³/mol. The highest BCUT2D eigenvalue weighted by molar-refractivity contribution is 5.45. The van der Waals surface area contributed by atoms with Gasteiger partial charge in [-0.1, -0.05) is 110 Å². The molecule has 2 rings (SSSR count). The highest BCUT2D eigenvalue weighted by atomic mass is 16.5. The summed E-state index contributed by atoms with van der Waals surface area (Å²) in [6.45, 7) is 11.3. The minimum atomic E-state index is -0.0547. The van der Waals surface area contributed by atoms with E-state index in [2.05, 4.69) is 50.3 Å². The zero-order chi connectivity index (χ0) is 23.7. The van der Waals surface area contributed by atoms with Crippen molar-refractivity contribution in [1.29, 1.82) is 0 Å². The van der Waals surface area contributed by atoms with E-state index in [0.717, 1.165) is 18.6 Å². The van der Waals surface area contributed by atoms with Crippen LogP contribution < -0.4 is 0 Å². The van der Waals surface area contributed by atoms with Crippen molar-refractivity contribution in [3.05, 3.63) is 65.5 Å². The van der Waals surface area contributed by atoms with Gasteiger partial charge in [0.1, 0.15) is 11.5 Å². The van der Waals surface area contributed by atoms with Crippen molar-refractivity contribution in [3.63, 3.8) is 0 Å². The molecule has 0 saturated heterocycles. The highest BCUT2D eigenvalue weighted by Gasteiger charge is 2.29. The average molecular weight is 441 g/mol. The van der Waals surface area contributed by atoms with Crippen LogP contribution in [0.4, 0.5) is 0 Å². The molecule has 0 radical (unpaired) electrons. The van der Waals surface area contributed by atoms with Crippen LogP contribution in [-0.2, 0) is 10.2 Å².